The second kappa shape index (κ2) is 6.22. The molecule has 3 atom stereocenters. The fourth-order valence-electron chi connectivity index (χ4n) is 3.72. The summed E-state index contributed by atoms with van der Waals surface area (Å²) < 4.78 is 6.91. The van der Waals surface area contributed by atoms with Crippen LogP contribution < -0.4 is 4.74 Å². The highest BCUT2D eigenvalue weighted by Crippen LogP contribution is 2.48. The number of ether oxygens (including phenoxy) is 1. The van der Waals surface area contributed by atoms with Gasteiger partial charge in [-0.2, -0.15) is 0 Å². The Kier molecular flexibility index (Phi) is 4.34. The third-order valence-electron chi connectivity index (χ3n) is 4.71. The predicted molar refractivity (Wildman–Crippen MR) is 85.2 cm³/mol. The Morgan fingerprint density at radius 1 is 1.38 bits per heavy atom. The number of benzene rings is 1. The van der Waals surface area contributed by atoms with Gasteiger partial charge >= 0.3 is 5.97 Å². The number of hydrogen-bond donors (Lipinski definition) is 1. The third-order valence-corrected chi connectivity index (χ3v) is 5.21. The van der Waals surface area contributed by atoms with E-state index in [2.05, 4.69) is 15.9 Å². The van der Waals surface area contributed by atoms with Crippen LogP contribution >= 0.6 is 15.9 Å². The number of fused-ring (bicyclic) bond motifs is 2. The molecule has 0 saturated heterocycles. The number of hydrogen-bond acceptors (Lipinski definition) is 2. The zero-order chi connectivity index (χ0) is 14.8. The molecular formula is C17H19BrO3. The Balaban J connectivity index is 1.68. The van der Waals surface area contributed by atoms with Crippen LogP contribution in [0, 0.1) is 17.8 Å². The Bertz CT molecular complexity index is 567. The molecule has 4 heteroatoms. The van der Waals surface area contributed by atoms with E-state index in [1.807, 2.05) is 18.2 Å². The van der Waals surface area contributed by atoms with Crippen molar-refractivity contribution in [2.24, 2.45) is 17.8 Å². The lowest BCUT2D eigenvalue weighted by atomic mass is 9.89. The van der Waals surface area contributed by atoms with Gasteiger partial charge in [0.2, 0.25) is 0 Å². The van der Waals surface area contributed by atoms with Crippen molar-refractivity contribution >= 4 is 28.0 Å². The van der Waals surface area contributed by atoms with Crippen molar-refractivity contribution in [1.82, 2.24) is 0 Å². The van der Waals surface area contributed by atoms with E-state index in [9.17, 15) is 4.79 Å². The molecule has 1 N–H and O–H groups in total. The minimum absolute atomic E-state index is 0.670. The summed E-state index contributed by atoms with van der Waals surface area (Å²) in [4.78, 5) is 10.7. The van der Waals surface area contributed by atoms with E-state index < -0.39 is 5.97 Å². The van der Waals surface area contributed by atoms with Gasteiger partial charge in [-0.3, -0.25) is 0 Å². The van der Waals surface area contributed by atoms with Gasteiger partial charge in [-0.1, -0.05) is 22.4 Å². The lowest BCUT2D eigenvalue weighted by molar-refractivity contribution is -0.131. The van der Waals surface area contributed by atoms with E-state index in [4.69, 9.17) is 9.84 Å². The molecule has 1 aromatic rings. The SMILES string of the molecule is O=C(O)C=Cc1cc(Br)ccc1OCC1CC2CCC1C2. The summed E-state index contributed by atoms with van der Waals surface area (Å²) in [7, 11) is 0. The van der Waals surface area contributed by atoms with E-state index in [1.165, 1.54) is 25.7 Å². The van der Waals surface area contributed by atoms with E-state index in [0.29, 0.717) is 5.92 Å². The summed E-state index contributed by atoms with van der Waals surface area (Å²) in [6.45, 7) is 0.747. The number of carbonyl (C=O) groups is 1. The Morgan fingerprint density at radius 3 is 2.90 bits per heavy atom. The molecule has 2 saturated carbocycles. The first-order valence-electron chi connectivity index (χ1n) is 7.45. The number of carboxylic acid groups (broad SMARTS) is 1. The quantitative estimate of drug-likeness (QED) is 0.802. The van der Waals surface area contributed by atoms with E-state index in [0.717, 1.165) is 40.3 Å². The molecule has 3 rings (SSSR count). The molecule has 0 aromatic heterocycles. The second-order valence-corrected chi connectivity index (χ2v) is 7.02. The van der Waals surface area contributed by atoms with Crippen LogP contribution in [-0.4, -0.2) is 17.7 Å². The van der Waals surface area contributed by atoms with Crippen molar-refractivity contribution < 1.29 is 14.6 Å². The second-order valence-electron chi connectivity index (χ2n) is 6.10. The molecule has 3 nitrogen and oxygen atoms in total. The predicted octanol–water partition coefficient (Wildman–Crippen LogP) is 4.36. The van der Waals surface area contributed by atoms with Gasteiger partial charge < -0.3 is 9.84 Å². The monoisotopic (exact) mass is 350 g/mol. The molecule has 2 bridgehead atoms. The first-order valence-corrected chi connectivity index (χ1v) is 8.24. The summed E-state index contributed by atoms with van der Waals surface area (Å²) >= 11 is 3.41. The molecule has 0 spiro atoms. The summed E-state index contributed by atoms with van der Waals surface area (Å²) in [6.07, 6.45) is 8.15. The molecule has 21 heavy (non-hydrogen) atoms. The fourth-order valence-corrected chi connectivity index (χ4v) is 4.10. The smallest absolute Gasteiger partial charge is 0.328 e. The van der Waals surface area contributed by atoms with Crippen LogP contribution in [0.15, 0.2) is 28.7 Å². The Labute approximate surface area is 133 Å². The van der Waals surface area contributed by atoms with Crippen LogP contribution in [-0.2, 0) is 4.79 Å². The highest BCUT2D eigenvalue weighted by atomic mass is 79.9. The van der Waals surface area contributed by atoms with Gasteiger partial charge in [-0.05, 0) is 61.3 Å². The maximum absolute atomic E-state index is 10.7. The lowest BCUT2D eigenvalue weighted by Crippen LogP contribution is -2.18. The molecule has 0 amide bonds. The van der Waals surface area contributed by atoms with Crippen LogP contribution in [0.5, 0.6) is 5.75 Å². The van der Waals surface area contributed by atoms with Crippen molar-refractivity contribution in [1.29, 1.82) is 0 Å². The first kappa shape index (κ1) is 14.6. The van der Waals surface area contributed by atoms with Crippen LogP contribution in [0.4, 0.5) is 0 Å². The zero-order valence-corrected chi connectivity index (χ0v) is 13.4. The summed E-state index contributed by atoms with van der Waals surface area (Å²) in [5.41, 5.74) is 0.801. The van der Waals surface area contributed by atoms with Gasteiger partial charge in [0, 0.05) is 16.1 Å². The summed E-state index contributed by atoms with van der Waals surface area (Å²) in [5.74, 6) is 2.24. The fraction of sp³-hybridized carbons (Fsp3) is 0.471. The third kappa shape index (κ3) is 3.49. The van der Waals surface area contributed by atoms with E-state index in [-0.39, 0.29) is 0 Å². The van der Waals surface area contributed by atoms with Gasteiger partial charge in [-0.15, -0.1) is 0 Å². The highest BCUT2D eigenvalue weighted by molar-refractivity contribution is 9.10. The van der Waals surface area contributed by atoms with Crippen molar-refractivity contribution in [3.8, 4) is 5.75 Å². The van der Waals surface area contributed by atoms with Crippen LogP contribution in [0.1, 0.15) is 31.2 Å². The van der Waals surface area contributed by atoms with Crippen molar-refractivity contribution in [3.05, 3.63) is 34.3 Å². The Morgan fingerprint density at radius 2 is 2.24 bits per heavy atom. The Hall–Kier alpha value is -1.29. The molecular weight excluding hydrogens is 332 g/mol. The van der Waals surface area contributed by atoms with Gasteiger partial charge in [0.1, 0.15) is 5.75 Å². The largest absolute Gasteiger partial charge is 0.493 e. The molecule has 112 valence electrons. The molecule has 0 radical (unpaired) electrons. The molecule has 0 heterocycles. The average Bonchev–Trinajstić information content (AvgIpc) is 3.06. The minimum Gasteiger partial charge on any atom is -0.493 e. The van der Waals surface area contributed by atoms with Crippen LogP contribution in [0.3, 0.4) is 0 Å². The lowest BCUT2D eigenvalue weighted by Gasteiger charge is -2.22. The summed E-state index contributed by atoms with van der Waals surface area (Å²) in [6, 6.07) is 5.71. The molecule has 3 unspecified atom stereocenters. The van der Waals surface area contributed by atoms with Crippen LogP contribution in [0.2, 0.25) is 0 Å². The van der Waals surface area contributed by atoms with Crippen molar-refractivity contribution in [3.63, 3.8) is 0 Å². The topological polar surface area (TPSA) is 46.5 Å². The molecule has 0 aliphatic heterocycles. The number of rotatable bonds is 5. The van der Waals surface area contributed by atoms with E-state index >= 15 is 0 Å². The molecule has 2 fully saturated rings. The van der Waals surface area contributed by atoms with E-state index in [1.54, 1.807) is 6.08 Å². The highest BCUT2D eigenvalue weighted by Gasteiger charge is 2.39. The number of carboxylic acids is 1. The standard InChI is InChI=1S/C17H19BrO3/c18-15-4-5-16(13(9-15)3-6-17(19)20)21-10-14-8-11-1-2-12(14)7-11/h3-6,9,11-12,14H,1-2,7-8,10H2,(H,19,20). The average molecular weight is 351 g/mol. The minimum atomic E-state index is -0.950. The molecule has 2 aliphatic rings. The maximum atomic E-state index is 10.7. The number of halogens is 1. The van der Waals surface area contributed by atoms with Crippen LogP contribution in [0.25, 0.3) is 6.08 Å². The molecule has 1 aromatic carbocycles. The zero-order valence-electron chi connectivity index (χ0n) is 11.8. The van der Waals surface area contributed by atoms with Crippen molar-refractivity contribution in [2.75, 3.05) is 6.61 Å². The molecule has 2 aliphatic carbocycles. The number of aliphatic carboxylic acids is 1. The van der Waals surface area contributed by atoms with Crippen molar-refractivity contribution in [2.45, 2.75) is 25.7 Å². The van der Waals surface area contributed by atoms with Gasteiger partial charge in [0.15, 0.2) is 0 Å². The van der Waals surface area contributed by atoms with Gasteiger partial charge in [0.25, 0.3) is 0 Å². The van der Waals surface area contributed by atoms with Gasteiger partial charge in [0.05, 0.1) is 6.61 Å². The maximum Gasteiger partial charge on any atom is 0.328 e. The normalized spacial score (nSPS) is 27.4. The first-order chi connectivity index (χ1) is 10.1. The van der Waals surface area contributed by atoms with Gasteiger partial charge in [-0.25, -0.2) is 4.79 Å². The summed E-state index contributed by atoms with van der Waals surface area (Å²) in [5, 5.41) is 8.77.